The topological polar surface area (TPSA) is 21.3 Å². The molecule has 0 radical (unpaired) electrons. The molecule has 1 unspecified atom stereocenters. The second-order valence-corrected chi connectivity index (χ2v) is 21.2. The zero-order valence-electron chi connectivity index (χ0n) is 39.3. The SMILES string of the molecule is CC1(C)c2ccccc2-c2cc3c4cc(-c5ccc(N6c7cccc8c7C7=C(C=CC79C=Cc7oc%10cccc6c%10c7C9)C86c7ccccc7-c7ccccc76)cc5)ccc4n(-c4ccccc4)c3cc21. The Morgan fingerprint density at radius 3 is 1.92 bits per heavy atom. The number of allylic oxidation sites excluding steroid dienone is 5. The van der Waals surface area contributed by atoms with Crippen LogP contribution in [0.25, 0.3) is 83.5 Å². The normalized spacial score (nSPS) is 18.3. The average molecular weight is 905 g/mol. The zero-order chi connectivity index (χ0) is 46.5. The first-order valence-electron chi connectivity index (χ1n) is 25.1. The Balaban J connectivity index is 0.878. The predicted octanol–water partition coefficient (Wildman–Crippen LogP) is 17.2. The van der Waals surface area contributed by atoms with Gasteiger partial charge in [-0.25, -0.2) is 0 Å². The molecular weight excluding hydrogens is 861 g/mol. The van der Waals surface area contributed by atoms with E-state index in [1.807, 2.05) is 0 Å². The Bertz CT molecular complexity index is 4300. The van der Waals surface area contributed by atoms with Crippen molar-refractivity contribution >= 4 is 61.5 Å². The molecule has 5 aliphatic carbocycles. The first-order chi connectivity index (χ1) is 34.9. The lowest BCUT2D eigenvalue weighted by Crippen LogP contribution is -2.26. The third-order valence-electron chi connectivity index (χ3n) is 17.6. The minimum atomic E-state index is -0.441. The molecule has 6 aliphatic rings. The molecule has 17 rings (SSSR count). The summed E-state index contributed by atoms with van der Waals surface area (Å²) in [5.41, 5.74) is 27.2. The monoisotopic (exact) mass is 904 g/mol. The van der Waals surface area contributed by atoms with Crippen molar-refractivity contribution in [1.29, 1.82) is 0 Å². The van der Waals surface area contributed by atoms with Gasteiger partial charge in [-0.1, -0.05) is 159 Å². The molecule has 3 heteroatoms. The molecule has 71 heavy (non-hydrogen) atoms. The van der Waals surface area contributed by atoms with Gasteiger partial charge in [-0.15, -0.1) is 0 Å². The predicted molar refractivity (Wildman–Crippen MR) is 291 cm³/mol. The van der Waals surface area contributed by atoms with Gasteiger partial charge in [0.25, 0.3) is 0 Å². The number of hydrogen-bond donors (Lipinski definition) is 0. The molecule has 0 amide bonds. The van der Waals surface area contributed by atoms with Crippen LogP contribution in [0.1, 0.15) is 58.6 Å². The molecule has 332 valence electrons. The van der Waals surface area contributed by atoms with E-state index in [1.165, 1.54) is 122 Å². The van der Waals surface area contributed by atoms with Crippen molar-refractivity contribution in [3.05, 3.63) is 263 Å². The molecule has 3 heterocycles. The maximum absolute atomic E-state index is 6.76. The summed E-state index contributed by atoms with van der Waals surface area (Å²) in [5, 5.41) is 3.72. The number of benzene rings is 9. The third-order valence-corrected chi connectivity index (χ3v) is 17.6. The number of furan rings is 1. The van der Waals surface area contributed by atoms with E-state index in [0.717, 1.165) is 29.1 Å². The van der Waals surface area contributed by atoms with Crippen molar-refractivity contribution in [2.45, 2.75) is 31.1 Å². The molecule has 0 saturated heterocycles. The van der Waals surface area contributed by atoms with E-state index < -0.39 is 5.41 Å². The fourth-order valence-corrected chi connectivity index (χ4v) is 14.6. The second kappa shape index (κ2) is 12.9. The van der Waals surface area contributed by atoms with E-state index in [9.17, 15) is 0 Å². The van der Waals surface area contributed by atoms with Crippen LogP contribution in [0.3, 0.4) is 0 Å². The van der Waals surface area contributed by atoms with Crippen LogP contribution in [0.2, 0.25) is 0 Å². The van der Waals surface area contributed by atoms with Gasteiger partial charge in [0.2, 0.25) is 0 Å². The molecule has 2 aromatic heterocycles. The molecule has 9 aromatic carbocycles. The van der Waals surface area contributed by atoms with E-state index in [0.29, 0.717) is 0 Å². The molecule has 0 saturated carbocycles. The van der Waals surface area contributed by atoms with Gasteiger partial charge in [0.15, 0.2) is 0 Å². The van der Waals surface area contributed by atoms with Crippen LogP contribution in [-0.4, -0.2) is 4.57 Å². The minimum Gasteiger partial charge on any atom is -0.456 e. The van der Waals surface area contributed by atoms with Crippen molar-refractivity contribution in [2.75, 3.05) is 4.90 Å². The summed E-state index contributed by atoms with van der Waals surface area (Å²) in [6.45, 7) is 4.75. The van der Waals surface area contributed by atoms with Gasteiger partial charge in [0, 0.05) is 49.5 Å². The highest BCUT2D eigenvalue weighted by Crippen LogP contribution is 2.70. The highest BCUT2D eigenvalue weighted by Gasteiger charge is 2.58. The smallest absolute Gasteiger partial charge is 0.137 e. The Morgan fingerprint density at radius 2 is 1.13 bits per heavy atom. The lowest BCUT2D eigenvalue weighted by atomic mass is 9.70. The maximum Gasteiger partial charge on any atom is 0.137 e. The van der Waals surface area contributed by atoms with Gasteiger partial charge in [-0.3, -0.25) is 0 Å². The van der Waals surface area contributed by atoms with E-state index in [1.54, 1.807) is 0 Å². The number of hydrogen-bond acceptors (Lipinski definition) is 2. The van der Waals surface area contributed by atoms with Gasteiger partial charge >= 0.3 is 0 Å². The standard InChI is InChI=1S/C68H44N2O/c1-66(2)51-19-9-6-18-46(51)47-37-49-48-36-41(28-31-57(48)69(60(49)38-56(47)66)42-14-4-3-5-15-42)40-26-29-43(30-27-40)70-58-24-13-25-62-63(58)50-39-67(35-33-61(50)71-62)34-32-55-65(67)64-54(22-12-23-59(64)70)68(55)52-20-10-7-16-44(52)45-17-8-11-21-53(45)68/h3-38H,39H2,1-2H3. The molecule has 2 spiro atoms. The Labute approximate surface area is 411 Å². The maximum atomic E-state index is 6.76. The van der Waals surface area contributed by atoms with Gasteiger partial charge in [-0.05, 0) is 152 Å². The number of para-hydroxylation sites is 1. The summed E-state index contributed by atoms with van der Waals surface area (Å²) in [4.78, 5) is 2.54. The highest BCUT2D eigenvalue weighted by atomic mass is 16.3. The quantitative estimate of drug-likeness (QED) is 0.176. The molecule has 11 aromatic rings. The molecule has 0 N–H and O–H groups in total. The van der Waals surface area contributed by atoms with Crippen LogP contribution >= 0.6 is 0 Å². The molecule has 1 aliphatic heterocycles. The summed E-state index contributed by atoms with van der Waals surface area (Å²) in [7, 11) is 0. The zero-order valence-corrected chi connectivity index (χ0v) is 39.3. The molecule has 2 bridgehead atoms. The van der Waals surface area contributed by atoms with Crippen LogP contribution < -0.4 is 4.90 Å². The van der Waals surface area contributed by atoms with Crippen LogP contribution in [-0.2, 0) is 17.3 Å². The summed E-state index contributed by atoms with van der Waals surface area (Å²) < 4.78 is 9.23. The Kier molecular flexibility index (Phi) is 6.97. The van der Waals surface area contributed by atoms with Crippen molar-refractivity contribution in [2.24, 2.45) is 5.41 Å². The minimum absolute atomic E-state index is 0.0956. The van der Waals surface area contributed by atoms with E-state index in [2.05, 4.69) is 242 Å². The molecular formula is C68H44N2O. The number of rotatable bonds is 3. The Morgan fingerprint density at radius 1 is 0.479 bits per heavy atom. The second-order valence-electron chi connectivity index (χ2n) is 21.2. The van der Waals surface area contributed by atoms with Crippen molar-refractivity contribution in [3.8, 4) is 39.1 Å². The average Bonchev–Trinajstić information content (AvgIpc) is 4.25. The Hall–Kier alpha value is -8.66. The number of anilines is 3. The lowest BCUT2D eigenvalue weighted by molar-refractivity contribution is 0.572. The summed E-state index contributed by atoms with van der Waals surface area (Å²) in [6.07, 6.45) is 10.5. The summed E-state index contributed by atoms with van der Waals surface area (Å²) >= 11 is 0. The lowest BCUT2D eigenvalue weighted by Gasteiger charge is -2.33. The molecule has 0 fully saturated rings. The third kappa shape index (κ3) is 4.53. The van der Waals surface area contributed by atoms with Gasteiger partial charge in [-0.2, -0.15) is 0 Å². The van der Waals surface area contributed by atoms with Crippen LogP contribution in [0, 0.1) is 5.41 Å². The van der Waals surface area contributed by atoms with E-state index >= 15 is 0 Å². The summed E-state index contributed by atoms with van der Waals surface area (Å²) in [5.74, 6) is 0.966. The first-order valence-corrected chi connectivity index (χ1v) is 25.1. The molecule has 1 atom stereocenters. The fourth-order valence-electron chi connectivity index (χ4n) is 14.6. The van der Waals surface area contributed by atoms with E-state index in [4.69, 9.17) is 4.42 Å². The van der Waals surface area contributed by atoms with Gasteiger partial charge in [0.05, 0.1) is 27.8 Å². The van der Waals surface area contributed by atoms with Crippen molar-refractivity contribution < 1.29 is 4.42 Å². The van der Waals surface area contributed by atoms with E-state index in [-0.39, 0.29) is 10.8 Å². The van der Waals surface area contributed by atoms with Crippen LogP contribution in [0.5, 0.6) is 0 Å². The van der Waals surface area contributed by atoms with Gasteiger partial charge in [0.1, 0.15) is 11.3 Å². The van der Waals surface area contributed by atoms with Crippen LogP contribution in [0.15, 0.2) is 222 Å². The molecule has 3 nitrogen and oxygen atoms in total. The van der Waals surface area contributed by atoms with Gasteiger partial charge < -0.3 is 13.9 Å². The van der Waals surface area contributed by atoms with Crippen molar-refractivity contribution in [3.63, 3.8) is 0 Å². The summed E-state index contributed by atoms with van der Waals surface area (Å²) in [6, 6.07) is 73.2. The highest BCUT2D eigenvalue weighted by molar-refractivity contribution is 6.13. The fraction of sp³-hybridized carbons (Fsp3) is 0.0882. The van der Waals surface area contributed by atoms with Crippen molar-refractivity contribution in [1.82, 2.24) is 4.57 Å². The number of aromatic nitrogens is 1. The van der Waals surface area contributed by atoms with Crippen LogP contribution in [0.4, 0.5) is 17.1 Å². The largest absolute Gasteiger partial charge is 0.456 e. The number of fused-ring (bicyclic) bond motifs is 13. The number of nitrogens with zero attached hydrogens (tertiary/aromatic N) is 2. The first kappa shape index (κ1) is 38.2.